The Labute approximate surface area is 127 Å². The Bertz CT molecular complexity index is 574. The number of hydrogen-bond acceptors (Lipinski definition) is 2. The van der Waals surface area contributed by atoms with Crippen LogP contribution in [0.3, 0.4) is 0 Å². The summed E-state index contributed by atoms with van der Waals surface area (Å²) < 4.78 is 0. The van der Waals surface area contributed by atoms with Gasteiger partial charge in [0.05, 0.1) is 0 Å². The second-order valence-corrected chi connectivity index (χ2v) is 5.94. The summed E-state index contributed by atoms with van der Waals surface area (Å²) in [6.07, 6.45) is 2.49. The molecule has 0 atom stereocenters. The van der Waals surface area contributed by atoms with E-state index >= 15 is 0 Å². The van der Waals surface area contributed by atoms with E-state index in [2.05, 4.69) is 65.7 Å². The SMILES string of the molecule is Cc1ccc(NCCN2CCCc3ccccc3C2)cc1. The van der Waals surface area contributed by atoms with Gasteiger partial charge in [-0.1, -0.05) is 42.0 Å². The average Bonchev–Trinajstić information content (AvgIpc) is 2.71. The number of anilines is 1. The number of aryl methyl sites for hydroxylation is 2. The van der Waals surface area contributed by atoms with Gasteiger partial charge in [0.1, 0.15) is 0 Å². The lowest BCUT2D eigenvalue weighted by Crippen LogP contribution is -2.28. The fourth-order valence-electron chi connectivity index (χ4n) is 2.99. The van der Waals surface area contributed by atoms with Crippen LogP contribution in [0.5, 0.6) is 0 Å². The molecule has 3 rings (SSSR count). The average molecular weight is 280 g/mol. The van der Waals surface area contributed by atoms with Crippen molar-refractivity contribution in [1.82, 2.24) is 4.90 Å². The lowest BCUT2D eigenvalue weighted by atomic mass is 10.0. The van der Waals surface area contributed by atoms with E-state index in [-0.39, 0.29) is 0 Å². The first-order valence-corrected chi connectivity index (χ1v) is 7.91. The first-order chi connectivity index (χ1) is 10.3. The number of benzene rings is 2. The molecule has 1 aliphatic rings. The Balaban J connectivity index is 1.53. The molecule has 0 radical (unpaired) electrons. The molecule has 1 aliphatic heterocycles. The van der Waals surface area contributed by atoms with Gasteiger partial charge < -0.3 is 5.32 Å². The molecule has 0 unspecified atom stereocenters. The van der Waals surface area contributed by atoms with Crippen molar-refractivity contribution in [2.24, 2.45) is 0 Å². The molecule has 0 saturated heterocycles. The number of fused-ring (bicyclic) bond motifs is 1. The highest BCUT2D eigenvalue weighted by molar-refractivity contribution is 5.44. The van der Waals surface area contributed by atoms with E-state index in [0.717, 1.165) is 19.6 Å². The van der Waals surface area contributed by atoms with Gasteiger partial charge in [0, 0.05) is 25.3 Å². The standard InChI is InChI=1S/C19H24N2/c1-16-8-10-19(11-9-16)20-12-14-21-13-4-7-17-5-2-3-6-18(17)15-21/h2-3,5-6,8-11,20H,4,7,12-15H2,1H3. The molecule has 0 bridgehead atoms. The van der Waals surface area contributed by atoms with Crippen LogP contribution in [0.4, 0.5) is 5.69 Å². The van der Waals surface area contributed by atoms with Crippen LogP contribution >= 0.6 is 0 Å². The molecular weight excluding hydrogens is 256 g/mol. The summed E-state index contributed by atoms with van der Waals surface area (Å²) in [6, 6.07) is 17.5. The van der Waals surface area contributed by atoms with E-state index in [9.17, 15) is 0 Å². The summed E-state index contributed by atoms with van der Waals surface area (Å²) in [5.41, 5.74) is 5.57. The van der Waals surface area contributed by atoms with Crippen molar-refractivity contribution in [2.75, 3.05) is 25.0 Å². The molecule has 0 saturated carbocycles. The molecule has 21 heavy (non-hydrogen) atoms. The summed E-state index contributed by atoms with van der Waals surface area (Å²) >= 11 is 0. The van der Waals surface area contributed by atoms with E-state index in [0.29, 0.717) is 0 Å². The first kappa shape index (κ1) is 14.2. The fourth-order valence-corrected chi connectivity index (χ4v) is 2.99. The van der Waals surface area contributed by atoms with Gasteiger partial charge in [-0.2, -0.15) is 0 Å². The van der Waals surface area contributed by atoms with Crippen molar-refractivity contribution < 1.29 is 0 Å². The maximum atomic E-state index is 3.52. The van der Waals surface area contributed by atoms with Crippen molar-refractivity contribution >= 4 is 5.69 Å². The molecular formula is C19H24N2. The summed E-state index contributed by atoms with van der Waals surface area (Å²) in [5, 5.41) is 3.52. The number of rotatable bonds is 4. The molecule has 2 aromatic rings. The Morgan fingerprint density at radius 2 is 1.76 bits per heavy atom. The monoisotopic (exact) mass is 280 g/mol. The van der Waals surface area contributed by atoms with Gasteiger partial charge in [-0.25, -0.2) is 0 Å². The molecule has 0 spiro atoms. The van der Waals surface area contributed by atoms with Gasteiger partial charge in [-0.3, -0.25) is 4.90 Å². The minimum Gasteiger partial charge on any atom is -0.384 e. The van der Waals surface area contributed by atoms with Gasteiger partial charge in [-0.15, -0.1) is 0 Å². The molecule has 0 fully saturated rings. The van der Waals surface area contributed by atoms with Gasteiger partial charge in [0.2, 0.25) is 0 Å². The maximum absolute atomic E-state index is 3.52. The summed E-state index contributed by atoms with van der Waals surface area (Å²) in [5.74, 6) is 0. The summed E-state index contributed by atoms with van der Waals surface area (Å²) in [4.78, 5) is 2.56. The fraction of sp³-hybridized carbons (Fsp3) is 0.368. The molecule has 2 nitrogen and oxygen atoms in total. The quantitative estimate of drug-likeness (QED) is 0.915. The van der Waals surface area contributed by atoms with Crippen molar-refractivity contribution in [2.45, 2.75) is 26.3 Å². The van der Waals surface area contributed by atoms with Crippen LogP contribution in [-0.4, -0.2) is 24.5 Å². The van der Waals surface area contributed by atoms with E-state index in [1.165, 1.54) is 41.8 Å². The normalized spacial score (nSPS) is 15.3. The van der Waals surface area contributed by atoms with Crippen molar-refractivity contribution in [1.29, 1.82) is 0 Å². The largest absolute Gasteiger partial charge is 0.384 e. The zero-order valence-corrected chi connectivity index (χ0v) is 12.8. The molecule has 0 aliphatic carbocycles. The highest BCUT2D eigenvalue weighted by Gasteiger charge is 2.13. The van der Waals surface area contributed by atoms with Crippen molar-refractivity contribution in [3.8, 4) is 0 Å². The second kappa shape index (κ2) is 6.77. The van der Waals surface area contributed by atoms with Crippen LogP contribution in [0, 0.1) is 6.92 Å². The molecule has 1 heterocycles. The lowest BCUT2D eigenvalue weighted by Gasteiger charge is -2.21. The highest BCUT2D eigenvalue weighted by atomic mass is 15.1. The van der Waals surface area contributed by atoms with E-state index in [1.807, 2.05) is 0 Å². The van der Waals surface area contributed by atoms with Crippen LogP contribution in [0.1, 0.15) is 23.1 Å². The molecule has 0 aromatic heterocycles. The molecule has 1 N–H and O–H groups in total. The third-order valence-corrected chi connectivity index (χ3v) is 4.24. The number of nitrogens with zero attached hydrogens (tertiary/aromatic N) is 1. The summed E-state index contributed by atoms with van der Waals surface area (Å²) in [6.45, 7) is 6.52. The van der Waals surface area contributed by atoms with Gasteiger partial charge in [-0.05, 0) is 49.6 Å². The van der Waals surface area contributed by atoms with Gasteiger partial charge >= 0.3 is 0 Å². The minimum absolute atomic E-state index is 1.01. The van der Waals surface area contributed by atoms with Crippen LogP contribution in [0.15, 0.2) is 48.5 Å². The number of hydrogen-bond donors (Lipinski definition) is 1. The van der Waals surface area contributed by atoms with E-state index < -0.39 is 0 Å². The van der Waals surface area contributed by atoms with Crippen LogP contribution in [-0.2, 0) is 13.0 Å². The van der Waals surface area contributed by atoms with E-state index in [4.69, 9.17) is 0 Å². The van der Waals surface area contributed by atoms with Crippen molar-refractivity contribution in [3.63, 3.8) is 0 Å². The topological polar surface area (TPSA) is 15.3 Å². The predicted molar refractivity (Wildman–Crippen MR) is 89.7 cm³/mol. The third-order valence-electron chi connectivity index (χ3n) is 4.24. The second-order valence-electron chi connectivity index (χ2n) is 5.94. The van der Waals surface area contributed by atoms with Gasteiger partial charge in [0.25, 0.3) is 0 Å². The van der Waals surface area contributed by atoms with Crippen LogP contribution in [0.2, 0.25) is 0 Å². The molecule has 0 amide bonds. The Hall–Kier alpha value is -1.80. The maximum Gasteiger partial charge on any atom is 0.0340 e. The Morgan fingerprint density at radius 1 is 1.00 bits per heavy atom. The van der Waals surface area contributed by atoms with Crippen LogP contribution < -0.4 is 5.32 Å². The Kier molecular flexibility index (Phi) is 4.56. The van der Waals surface area contributed by atoms with Crippen LogP contribution in [0.25, 0.3) is 0 Å². The van der Waals surface area contributed by atoms with Gasteiger partial charge in [0.15, 0.2) is 0 Å². The summed E-state index contributed by atoms with van der Waals surface area (Å²) in [7, 11) is 0. The smallest absolute Gasteiger partial charge is 0.0340 e. The minimum atomic E-state index is 1.01. The molecule has 2 heteroatoms. The zero-order valence-electron chi connectivity index (χ0n) is 12.8. The zero-order chi connectivity index (χ0) is 14.5. The highest BCUT2D eigenvalue weighted by Crippen LogP contribution is 2.18. The lowest BCUT2D eigenvalue weighted by molar-refractivity contribution is 0.280. The third kappa shape index (κ3) is 3.85. The predicted octanol–water partition coefficient (Wildman–Crippen LogP) is 3.86. The van der Waals surface area contributed by atoms with E-state index in [1.54, 1.807) is 0 Å². The first-order valence-electron chi connectivity index (χ1n) is 7.91. The Morgan fingerprint density at radius 3 is 2.57 bits per heavy atom. The van der Waals surface area contributed by atoms with Crippen molar-refractivity contribution in [3.05, 3.63) is 65.2 Å². The molecule has 2 aromatic carbocycles. The molecule has 110 valence electrons. The number of nitrogens with one attached hydrogen (secondary N) is 1.